The standard InChI is InChI=1S/C15H19BrO3/c1-8-5-12-11(10(3)14(8)18)6-9(2)15(4,19-12)13(17)7-16/h5,9,18H,6-7H2,1-4H3. The van der Waals surface area contributed by atoms with E-state index in [-0.39, 0.29) is 11.7 Å². The largest absolute Gasteiger partial charge is 0.507 e. The highest BCUT2D eigenvalue weighted by Gasteiger charge is 2.44. The van der Waals surface area contributed by atoms with Crippen LogP contribution in [0.5, 0.6) is 11.5 Å². The molecule has 0 spiro atoms. The summed E-state index contributed by atoms with van der Waals surface area (Å²) in [5.41, 5.74) is 1.84. The predicted molar refractivity (Wildman–Crippen MR) is 78.3 cm³/mol. The van der Waals surface area contributed by atoms with E-state index in [0.29, 0.717) is 11.1 Å². The summed E-state index contributed by atoms with van der Waals surface area (Å²) in [6.45, 7) is 7.60. The highest BCUT2D eigenvalue weighted by atomic mass is 79.9. The molecule has 4 heteroatoms. The van der Waals surface area contributed by atoms with E-state index in [4.69, 9.17) is 4.74 Å². The minimum absolute atomic E-state index is 0.0500. The van der Waals surface area contributed by atoms with Crippen molar-refractivity contribution in [1.29, 1.82) is 0 Å². The summed E-state index contributed by atoms with van der Waals surface area (Å²) < 4.78 is 6.01. The fourth-order valence-corrected chi connectivity index (χ4v) is 3.17. The Bertz CT molecular complexity index is 539. The molecular formula is C15H19BrO3. The Kier molecular flexibility index (Phi) is 3.65. The van der Waals surface area contributed by atoms with Gasteiger partial charge in [-0.1, -0.05) is 22.9 Å². The molecule has 19 heavy (non-hydrogen) atoms. The number of fused-ring (bicyclic) bond motifs is 1. The lowest BCUT2D eigenvalue weighted by Crippen LogP contribution is -2.51. The topological polar surface area (TPSA) is 46.5 Å². The van der Waals surface area contributed by atoms with Crippen molar-refractivity contribution >= 4 is 21.7 Å². The first-order chi connectivity index (χ1) is 8.81. The molecule has 1 aromatic carbocycles. The number of benzene rings is 1. The average Bonchev–Trinajstić information content (AvgIpc) is 2.38. The molecule has 0 aliphatic carbocycles. The van der Waals surface area contributed by atoms with Crippen LogP contribution in [0.15, 0.2) is 6.07 Å². The molecule has 0 aromatic heterocycles. The van der Waals surface area contributed by atoms with Gasteiger partial charge in [-0.25, -0.2) is 0 Å². The van der Waals surface area contributed by atoms with Crippen LogP contribution in [0, 0.1) is 19.8 Å². The number of hydrogen-bond acceptors (Lipinski definition) is 3. The number of phenols is 1. The van der Waals surface area contributed by atoms with Crippen molar-refractivity contribution in [3.63, 3.8) is 0 Å². The Balaban J connectivity index is 2.52. The number of ether oxygens (including phenoxy) is 1. The normalized spacial score (nSPS) is 25.6. The Morgan fingerprint density at radius 1 is 1.58 bits per heavy atom. The third kappa shape index (κ3) is 2.16. The van der Waals surface area contributed by atoms with Crippen LogP contribution in [0.4, 0.5) is 0 Å². The number of carbonyl (C=O) groups is 1. The van der Waals surface area contributed by atoms with Crippen molar-refractivity contribution in [2.24, 2.45) is 5.92 Å². The summed E-state index contributed by atoms with van der Waals surface area (Å²) in [4.78, 5) is 12.1. The van der Waals surface area contributed by atoms with E-state index in [1.807, 2.05) is 33.8 Å². The van der Waals surface area contributed by atoms with Crippen LogP contribution in [-0.2, 0) is 11.2 Å². The number of ketones is 1. The maximum atomic E-state index is 12.1. The monoisotopic (exact) mass is 326 g/mol. The van der Waals surface area contributed by atoms with Gasteiger partial charge in [0, 0.05) is 11.5 Å². The maximum absolute atomic E-state index is 12.1. The first-order valence-electron chi connectivity index (χ1n) is 6.41. The Morgan fingerprint density at radius 3 is 2.79 bits per heavy atom. The van der Waals surface area contributed by atoms with Gasteiger partial charge in [0.05, 0.1) is 5.33 Å². The molecule has 1 aliphatic heterocycles. The van der Waals surface area contributed by atoms with Crippen molar-refractivity contribution in [3.8, 4) is 11.5 Å². The van der Waals surface area contributed by atoms with Crippen LogP contribution in [0.25, 0.3) is 0 Å². The fraction of sp³-hybridized carbons (Fsp3) is 0.533. The van der Waals surface area contributed by atoms with E-state index in [9.17, 15) is 9.90 Å². The van der Waals surface area contributed by atoms with Gasteiger partial charge in [0.25, 0.3) is 0 Å². The summed E-state index contributed by atoms with van der Waals surface area (Å²) in [6, 6.07) is 1.82. The van der Waals surface area contributed by atoms with Crippen molar-refractivity contribution in [3.05, 3.63) is 22.8 Å². The number of halogens is 1. The molecule has 2 atom stereocenters. The number of rotatable bonds is 2. The average molecular weight is 327 g/mol. The second-order valence-corrected chi connectivity index (χ2v) is 6.08. The molecule has 1 heterocycles. The van der Waals surface area contributed by atoms with E-state index in [1.165, 1.54) is 0 Å². The van der Waals surface area contributed by atoms with Crippen LogP contribution in [-0.4, -0.2) is 21.8 Å². The summed E-state index contributed by atoms with van der Waals surface area (Å²) in [5.74, 6) is 1.17. The molecule has 1 aliphatic rings. The molecule has 1 N–H and O–H groups in total. The van der Waals surface area contributed by atoms with E-state index in [1.54, 1.807) is 0 Å². The molecule has 0 amide bonds. The molecular weight excluding hydrogens is 308 g/mol. The summed E-state index contributed by atoms with van der Waals surface area (Å²) in [7, 11) is 0. The van der Waals surface area contributed by atoms with E-state index in [2.05, 4.69) is 15.9 Å². The van der Waals surface area contributed by atoms with Gasteiger partial charge >= 0.3 is 0 Å². The Labute approximate surface area is 122 Å². The fourth-order valence-electron chi connectivity index (χ4n) is 2.61. The minimum Gasteiger partial charge on any atom is -0.507 e. The van der Waals surface area contributed by atoms with Crippen molar-refractivity contribution in [2.75, 3.05) is 5.33 Å². The number of aryl methyl sites for hydroxylation is 1. The van der Waals surface area contributed by atoms with Crippen molar-refractivity contribution in [1.82, 2.24) is 0 Å². The quantitative estimate of drug-likeness (QED) is 0.848. The van der Waals surface area contributed by atoms with Crippen LogP contribution in [0.3, 0.4) is 0 Å². The minimum atomic E-state index is -0.799. The lowest BCUT2D eigenvalue weighted by atomic mass is 9.79. The second kappa shape index (κ2) is 4.82. The van der Waals surface area contributed by atoms with E-state index < -0.39 is 5.60 Å². The molecule has 0 bridgehead atoms. The highest BCUT2D eigenvalue weighted by molar-refractivity contribution is 9.09. The van der Waals surface area contributed by atoms with Gasteiger partial charge in [0.2, 0.25) is 0 Å². The van der Waals surface area contributed by atoms with Gasteiger partial charge in [-0.05, 0) is 44.4 Å². The van der Waals surface area contributed by atoms with Gasteiger partial charge < -0.3 is 9.84 Å². The highest BCUT2D eigenvalue weighted by Crippen LogP contribution is 2.42. The molecule has 3 nitrogen and oxygen atoms in total. The number of Topliss-reactive ketones (excluding diaryl/α,β-unsaturated/α-hetero) is 1. The third-order valence-corrected chi connectivity index (χ3v) is 4.78. The Hall–Kier alpha value is -1.03. The van der Waals surface area contributed by atoms with Gasteiger partial charge in [-0.2, -0.15) is 0 Å². The molecule has 0 radical (unpaired) electrons. The number of phenolic OH excluding ortho intramolecular Hbond substituents is 1. The van der Waals surface area contributed by atoms with E-state index >= 15 is 0 Å². The number of aromatic hydroxyl groups is 1. The van der Waals surface area contributed by atoms with Crippen LogP contribution >= 0.6 is 15.9 Å². The maximum Gasteiger partial charge on any atom is 0.186 e. The molecule has 104 valence electrons. The molecule has 2 unspecified atom stereocenters. The molecule has 0 saturated heterocycles. The van der Waals surface area contributed by atoms with Gasteiger partial charge in [-0.3, -0.25) is 4.79 Å². The third-order valence-electron chi connectivity index (χ3n) is 4.27. The second-order valence-electron chi connectivity index (χ2n) is 5.51. The summed E-state index contributed by atoms with van der Waals surface area (Å²) in [5, 5.41) is 10.3. The number of carbonyl (C=O) groups excluding carboxylic acids is 1. The first-order valence-corrected chi connectivity index (χ1v) is 7.53. The van der Waals surface area contributed by atoms with Crippen LogP contribution in [0.2, 0.25) is 0 Å². The smallest absolute Gasteiger partial charge is 0.186 e. The molecule has 0 fully saturated rings. The zero-order valence-corrected chi connectivity index (χ0v) is 13.3. The predicted octanol–water partition coefficient (Wildman–Crippen LogP) is 3.30. The lowest BCUT2D eigenvalue weighted by Gasteiger charge is -2.40. The zero-order chi connectivity index (χ0) is 14.4. The number of hydrogen-bond donors (Lipinski definition) is 1. The van der Waals surface area contributed by atoms with Gasteiger partial charge in [0.1, 0.15) is 11.5 Å². The van der Waals surface area contributed by atoms with Crippen LogP contribution < -0.4 is 4.74 Å². The van der Waals surface area contributed by atoms with E-state index in [0.717, 1.165) is 28.9 Å². The van der Waals surface area contributed by atoms with Crippen molar-refractivity contribution in [2.45, 2.75) is 39.7 Å². The van der Waals surface area contributed by atoms with Gasteiger partial charge in [-0.15, -0.1) is 0 Å². The van der Waals surface area contributed by atoms with Crippen molar-refractivity contribution < 1.29 is 14.6 Å². The van der Waals surface area contributed by atoms with Crippen LogP contribution in [0.1, 0.15) is 30.5 Å². The molecule has 1 aromatic rings. The first kappa shape index (κ1) is 14.4. The molecule has 2 rings (SSSR count). The summed E-state index contributed by atoms with van der Waals surface area (Å²) >= 11 is 3.22. The SMILES string of the molecule is Cc1cc2c(c(C)c1O)CC(C)C(C)(C(=O)CBr)O2. The number of alkyl halides is 1. The molecule has 0 saturated carbocycles. The zero-order valence-electron chi connectivity index (χ0n) is 11.7. The lowest BCUT2D eigenvalue weighted by molar-refractivity contribution is -0.135. The van der Waals surface area contributed by atoms with Gasteiger partial charge in [0.15, 0.2) is 11.4 Å². The summed E-state index contributed by atoms with van der Waals surface area (Å²) in [6.07, 6.45) is 0.740. The Morgan fingerprint density at radius 2 is 2.21 bits per heavy atom.